The number of nitrogen functional groups attached to an aromatic ring is 1. The number of anilines is 1. The van der Waals surface area contributed by atoms with Gasteiger partial charge in [-0.1, -0.05) is 12.2 Å². The lowest BCUT2D eigenvalue weighted by molar-refractivity contribution is 0.0801. The average molecular weight is 194 g/mol. The Bertz CT molecular complexity index is 355. The van der Waals surface area contributed by atoms with Crippen molar-refractivity contribution in [2.24, 2.45) is 0 Å². The molecule has 5 nitrogen and oxygen atoms in total. The zero-order valence-electron chi connectivity index (χ0n) is 8.37. The van der Waals surface area contributed by atoms with Crippen LogP contribution in [0.4, 0.5) is 5.82 Å². The average Bonchev–Trinajstić information content (AvgIpc) is 2.49. The molecule has 76 valence electrons. The third-order valence-corrected chi connectivity index (χ3v) is 1.68. The van der Waals surface area contributed by atoms with Crippen LogP contribution in [0.2, 0.25) is 0 Å². The van der Waals surface area contributed by atoms with Crippen molar-refractivity contribution in [3.8, 4) is 0 Å². The van der Waals surface area contributed by atoms with E-state index in [4.69, 9.17) is 5.73 Å². The number of nitrogens with two attached hydrogens (primary N) is 1. The second-order valence-electron chi connectivity index (χ2n) is 3.32. The fourth-order valence-corrected chi connectivity index (χ4v) is 1.13. The van der Waals surface area contributed by atoms with Crippen LogP contribution in [0.15, 0.2) is 18.2 Å². The lowest BCUT2D eigenvalue weighted by atomic mass is 10.3. The molecular weight excluding hydrogens is 180 g/mol. The number of hydrogen-bond acceptors (Lipinski definition) is 3. The van der Waals surface area contributed by atoms with E-state index in [1.54, 1.807) is 11.9 Å². The molecular formula is C9H14N4O. The molecule has 0 aromatic carbocycles. The summed E-state index contributed by atoms with van der Waals surface area (Å²) in [4.78, 5) is 13.2. The van der Waals surface area contributed by atoms with E-state index in [2.05, 4.69) is 16.8 Å². The summed E-state index contributed by atoms with van der Waals surface area (Å²) in [6.45, 7) is 6.12. The van der Waals surface area contributed by atoms with E-state index in [9.17, 15) is 4.79 Å². The highest BCUT2D eigenvalue weighted by Crippen LogP contribution is 2.04. The second kappa shape index (κ2) is 3.95. The van der Waals surface area contributed by atoms with Crippen molar-refractivity contribution in [2.45, 2.75) is 6.92 Å². The Morgan fingerprint density at radius 1 is 1.79 bits per heavy atom. The van der Waals surface area contributed by atoms with Crippen LogP contribution >= 0.6 is 0 Å². The SMILES string of the molecule is C=C(C)CN(C)C(=O)c1cc(N)n[nH]1. The maximum Gasteiger partial charge on any atom is 0.271 e. The monoisotopic (exact) mass is 194 g/mol. The van der Waals surface area contributed by atoms with Gasteiger partial charge in [-0.25, -0.2) is 0 Å². The molecule has 0 bridgehead atoms. The van der Waals surface area contributed by atoms with Gasteiger partial charge >= 0.3 is 0 Å². The minimum atomic E-state index is -0.141. The van der Waals surface area contributed by atoms with Gasteiger partial charge in [0.15, 0.2) is 0 Å². The predicted molar refractivity (Wildman–Crippen MR) is 54.8 cm³/mol. The third-order valence-electron chi connectivity index (χ3n) is 1.68. The lowest BCUT2D eigenvalue weighted by Gasteiger charge is -2.15. The van der Waals surface area contributed by atoms with Crippen molar-refractivity contribution < 1.29 is 4.79 Å². The van der Waals surface area contributed by atoms with Gasteiger partial charge in [-0.05, 0) is 6.92 Å². The number of carbonyl (C=O) groups is 1. The molecule has 0 atom stereocenters. The van der Waals surface area contributed by atoms with Gasteiger partial charge in [0.25, 0.3) is 5.91 Å². The van der Waals surface area contributed by atoms with E-state index in [-0.39, 0.29) is 5.91 Å². The predicted octanol–water partition coefficient (Wildman–Crippen LogP) is 0.640. The van der Waals surface area contributed by atoms with E-state index in [0.29, 0.717) is 18.1 Å². The van der Waals surface area contributed by atoms with Gasteiger partial charge in [-0.15, -0.1) is 0 Å². The van der Waals surface area contributed by atoms with E-state index in [1.165, 1.54) is 6.07 Å². The summed E-state index contributed by atoms with van der Waals surface area (Å²) in [6, 6.07) is 1.51. The first kappa shape index (κ1) is 10.3. The summed E-state index contributed by atoms with van der Waals surface area (Å²) < 4.78 is 0. The summed E-state index contributed by atoms with van der Waals surface area (Å²) >= 11 is 0. The first-order chi connectivity index (χ1) is 6.50. The highest BCUT2D eigenvalue weighted by molar-refractivity contribution is 5.92. The zero-order chi connectivity index (χ0) is 10.7. The molecule has 3 N–H and O–H groups in total. The summed E-state index contributed by atoms with van der Waals surface area (Å²) in [7, 11) is 1.70. The minimum absolute atomic E-state index is 0.141. The van der Waals surface area contributed by atoms with Gasteiger partial charge in [0.2, 0.25) is 0 Å². The molecule has 0 spiro atoms. The Morgan fingerprint density at radius 2 is 2.43 bits per heavy atom. The second-order valence-corrected chi connectivity index (χ2v) is 3.32. The van der Waals surface area contributed by atoms with Crippen LogP contribution in [0.5, 0.6) is 0 Å². The Kier molecular flexibility index (Phi) is 2.91. The summed E-state index contributed by atoms with van der Waals surface area (Å²) in [6.07, 6.45) is 0. The Labute approximate surface area is 82.6 Å². The van der Waals surface area contributed by atoms with Gasteiger partial charge in [-0.3, -0.25) is 9.89 Å². The number of hydrogen-bond donors (Lipinski definition) is 2. The molecule has 0 aliphatic rings. The highest BCUT2D eigenvalue weighted by atomic mass is 16.2. The molecule has 14 heavy (non-hydrogen) atoms. The van der Waals surface area contributed by atoms with Crippen molar-refractivity contribution >= 4 is 11.7 Å². The number of aromatic amines is 1. The Morgan fingerprint density at radius 3 is 2.86 bits per heavy atom. The topological polar surface area (TPSA) is 75.0 Å². The fourth-order valence-electron chi connectivity index (χ4n) is 1.13. The molecule has 1 heterocycles. The van der Waals surface area contributed by atoms with Crippen molar-refractivity contribution in [2.75, 3.05) is 19.3 Å². The zero-order valence-corrected chi connectivity index (χ0v) is 8.37. The molecule has 0 unspecified atom stereocenters. The van der Waals surface area contributed by atoms with Gasteiger partial charge in [0.1, 0.15) is 11.5 Å². The van der Waals surface area contributed by atoms with Gasteiger partial charge in [0, 0.05) is 19.7 Å². The summed E-state index contributed by atoms with van der Waals surface area (Å²) in [5, 5.41) is 6.25. The first-order valence-electron chi connectivity index (χ1n) is 4.21. The number of likely N-dealkylation sites (N-methyl/N-ethyl adjacent to an activating group) is 1. The summed E-state index contributed by atoms with van der Waals surface area (Å²) in [5.41, 5.74) is 6.71. The van der Waals surface area contributed by atoms with Crippen LogP contribution in [0, 0.1) is 0 Å². The third kappa shape index (κ3) is 2.35. The quantitative estimate of drug-likeness (QED) is 0.693. The molecule has 1 aromatic rings. The molecule has 0 fully saturated rings. The van der Waals surface area contributed by atoms with Crippen LogP contribution in [0.1, 0.15) is 17.4 Å². The molecule has 0 aliphatic carbocycles. The Hall–Kier alpha value is -1.78. The standard InChI is InChI=1S/C9H14N4O/c1-6(2)5-13(3)9(14)7-4-8(10)12-11-7/h4H,1,5H2,2-3H3,(H3,10,11,12). The van der Waals surface area contributed by atoms with Crippen molar-refractivity contribution in [1.82, 2.24) is 15.1 Å². The van der Waals surface area contributed by atoms with Crippen LogP contribution < -0.4 is 5.73 Å². The fraction of sp³-hybridized carbons (Fsp3) is 0.333. The molecule has 5 heteroatoms. The van der Waals surface area contributed by atoms with Crippen molar-refractivity contribution in [3.63, 3.8) is 0 Å². The molecule has 0 aliphatic heterocycles. The van der Waals surface area contributed by atoms with E-state index in [1.807, 2.05) is 6.92 Å². The van der Waals surface area contributed by atoms with E-state index < -0.39 is 0 Å². The molecule has 1 rings (SSSR count). The number of rotatable bonds is 3. The number of amides is 1. The number of aromatic nitrogens is 2. The van der Waals surface area contributed by atoms with E-state index >= 15 is 0 Å². The molecule has 0 saturated heterocycles. The number of nitrogens with zero attached hydrogens (tertiary/aromatic N) is 2. The minimum Gasteiger partial charge on any atom is -0.382 e. The van der Waals surface area contributed by atoms with Crippen LogP contribution in [0.25, 0.3) is 0 Å². The highest BCUT2D eigenvalue weighted by Gasteiger charge is 2.13. The molecule has 0 saturated carbocycles. The van der Waals surface area contributed by atoms with Gasteiger partial charge in [-0.2, -0.15) is 5.10 Å². The maximum atomic E-state index is 11.7. The maximum absolute atomic E-state index is 11.7. The molecule has 1 amide bonds. The van der Waals surface area contributed by atoms with Crippen molar-refractivity contribution in [1.29, 1.82) is 0 Å². The van der Waals surface area contributed by atoms with Gasteiger partial charge < -0.3 is 10.6 Å². The van der Waals surface area contributed by atoms with Crippen LogP contribution in [-0.4, -0.2) is 34.6 Å². The van der Waals surface area contributed by atoms with Crippen LogP contribution in [-0.2, 0) is 0 Å². The normalized spacial score (nSPS) is 9.86. The number of carbonyl (C=O) groups excluding carboxylic acids is 1. The largest absolute Gasteiger partial charge is 0.382 e. The summed E-state index contributed by atoms with van der Waals surface area (Å²) in [5.74, 6) is 0.175. The van der Waals surface area contributed by atoms with E-state index in [0.717, 1.165) is 5.57 Å². The smallest absolute Gasteiger partial charge is 0.271 e. The molecule has 0 radical (unpaired) electrons. The first-order valence-corrected chi connectivity index (χ1v) is 4.21. The number of nitrogens with one attached hydrogen (secondary N) is 1. The molecule has 1 aromatic heterocycles. The Balaban J connectivity index is 2.70. The van der Waals surface area contributed by atoms with Gasteiger partial charge in [0.05, 0.1) is 0 Å². The number of H-pyrrole nitrogens is 1. The lowest BCUT2D eigenvalue weighted by Crippen LogP contribution is -2.28. The van der Waals surface area contributed by atoms with Crippen LogP contribution in [0.3, 0.4) is 0 Å². The van der Waals surface area contributed by atoms with Crippen molar-refractivity contribution in [3.05, 3.63) is 23.9 Å².